The van der Waals surface area contributed by atoms with Gasteiger partial charge in [-0.3, -0.25) is 9.59 Å². The third-order valence-corrected chi connectivity index (χ3v) is 4.31. The second kappa shape index (κ2) is 6.57. The molecule has 1 saturated carbocycles. The molecule has 20 heavy (non-hydrogen) atoms. The monoisotopic (exact) mass is 284 g/mol. The van der Waals surface area contributed by atoms with Crippen LogP contribution in [0.3, 0.4) is 0 Å². The topological polar surface area (TPSA) is 92.4 Å². The minimum Gasteiger partial charge on any atom is -0.481 e. The molecule has 0 aromatic rings. The van der Waals surface area contributed by atoms with Gasteiger partial charge in [-0.05, 0) is 51.9 Å². The number of hydrogen-bond acceptors (Lipinski definition) is 3. The number of rotatable bonds is 6. The summed E-state index contributed by atoms with van der Waals surface area (Å²) in [5.74, 6) is -0.317. The molecule has 1 aliphatic carbocycles. The van der Waals surface area contributed by atoms with Crippen molar-refractivity contribution in [2.45, 2.75) is 64.8 Å². The first kappa shape index (κ1) is 17.0. The van der Waals surface area contributed by atoms with E-state index in [9.17, 15) is 14.7 Å². The first-order chi connectivity index (χ1) is 9.15. The van der Waals surface area contributed by atoms with Gasteiger partial charge in [-0.15, -0.1) is 0 Å². The summed E-state index contributed by atoms with van der Waals surface area (Å²) in [4.78, 5) is 23.3. The molecule has 0 aromatic carbocycles. The first-order valence-corrected chi connectivity index (χ1v) is 7.44. The lowest BCUT2D eigenvalue weighted by Gasteiger charge is -2.35. The number of carboxylic acid groups (broad SMARTS) is 1. The molecule has 0 saturated heterocycles. The lowest BCUT2D eigenvalue weighted by Crippen LogP contribution is -2.45. The lowest BCUT2D eigenvalue weighted by molar-refractivity contribution is -0.151. The Hall–Kier alpha value is -1.10. The average Bonchev–Trinajstić information content (AvgIpc) is 2.35. The van der Waals surface area contributed by atoms with E-state index in [2.05, 4.69) is 12.2 Å². The van der Waals surface area contributed by atoms with Gasteiger partial charge in [0.1, 0.15) is 0 Å². The summed E-state index contributed by atoms with van der Waals surface area (Å²) in [6, 6.07) is 0. The second-order valence-corrected chi connectivity index (χ2v) is 7.03. The van der Waals surface area contributed by atoms with Gasteiger partial charge < -0.3 is 16.2 Å². The summed E-state index contributed by atoms with van der Waals surface area (Å²) in [7, 11) is 0. The predicted octanol–water partition coefficient (Wildman–Crippen LogP) is 1.90. The molecule has 5 nitrogen and oxygen atoms in total. The largest absolute Gasteiger partial charge is 0.481 e. The van der Waals surface area contributed by atoms with Crippen LogP contribution in [0.5, 0.6) is 0 Å². The third kappa shape index (κ3) is 5.12. The SMILES string of the molecule is CC1CCC(CNC(=O)CCC(C)(C)N)(C(=O)O)CC1. The standard InChI is InChI=1S/C15H28N2O3/c1-11-4-8-15(9-5-11,13(19)20)10-17-12(18)6-7-14(2,3)16/h11H,4-10,16H2,1-3H3,(H,17,18)(H,19,20). The fourth-order valence-corrected chi connectivity index (χ4v) is 2.57. The van der Waals surface area contributed by atoms with E-state index in [0.717, 1.165) is 12.8 Å². The van der Waals surface area contributed by atoms with E-state index in [-0.39, 0.29) is 18.0 Å². The van der Waals surface area contributed by atoms with Gasteiger partial charge in [-0.1, -0.05) is 6.92 Å². The number of carboxylic acids is 1. The number of aliphatic carboxylic acids is 1. The molecule has 1 aliphatic rings. The van der Waals surface area contributed by atoms with E-state index in [0.29, 0.717) is 31.6 Å². The normalized spacial score (nSPS) is 27.1. The van der Waals surface area contributed by atoms with Gasteiger partial charge in [-0.25, -0.2) is 0 Å². The minimum atomic E-state index is -0.788. The molecule has 1 rings (SSSR count). The van der Waals surface area contributed by atoms with Crippen LogP contribution < -0.4 is 11.1 Å². The summed E-state index contributed by atoms with van der Waals surface area (Å²) in [6.07, 6.45) is 4.06. The number of amides is 1. The summed E-state index contributed by atoms with van der Waals surface area (Å²) in [6.45, 7) is 6.13. The Labute approximate surface area is 121 Å². The highest BCUT2D eigenvalue weighted by Gasteiger charge is 2.41. The van der Waals surface area contributed by atoms with Gasteiger partial charge in [0, 0.05) is 18.5 Å². The van der Waals surface area contributed by atoms with Gasteiger partial charge in [0.2, 0.25) is 5.91 Å². The highest BCUT2D eigenvalue weighted by molar-refractivity contribution is 5.79. The molecule has 0 aromatic heterocycles. The Kier molecular flexibility index (Phi) is 5.57. The van der Waals surface area contributed by atoms with Crippen molar-refractivity contribution >= 4 is 11.9 Å². The molecular formula is C15H28N2O3. The number of hydrogen-bond donors (Lipinski definition) is 3. The Bertz CT molecular complexity index is 353. The minimum absolute atomic E-state index is 0.109. The van der Waals surface area contributed by atoms with Crippen molar-refractivity contribution in [3.8, 4) is 0 Å². The van der Waals surface area contributed by atoms with Crippen LogP contribution in [0.1, 0.15) is 59.3 Å². The van der Waals surface area contributed by atoms with E-state index in [1.165, 1.54) is 0 Å². The smallest absolute Gasteiger partial charge is 0.311 e. The summed E-state index contributed by atoms with van der Waals surface area (Å²) < 4.78 is 0. The summed E-state index contributed by atoms with van der Waals surface area (Å²) in [5, 5.41) is 12.3. The maximum atomic E-state index is 11.8. The molecule has 0 bridgehead atoms. The molecular weight excluding hydrogens is 256 g/mol. The second-order valence-electron chi connectivity index (χ2n) is 7.03. The number of carbonyl (C=O) groups excluding carboxylic acids is 1. The molecule has 5 heteroatoms. The average molecular weight is 284 g/mol. The maximum absolute atomic E-state index is 11.8. The van der Waals surface area contributed by atoms with Gasteiger partial charge in [0.05, 0.1) is 5.41 Å². The van der Waals surface area contributed by atoms with Crippen LogP contribution in [0.15, 0.2) is 0 Å². The Morgan fingerprint density at radius 1 is 1.35 bits per heavy atom. The molecule has 0 spiro atoms. The van der Waals surface area contributed by atoms with Crippen molar-refractivity contribution in [1.29, 1.82) is 0 Å². The predicted molar refractivity (Wildman–Crippen MR) is 78.2 cm³/mol. The van der Waals surface area contributed by atoms with Gasteiger partial charge in [0.25, 0.3) is 0 Å². The third-order valence-electron chi connectivity index (χ3n) is 4.31. The molecule has 1 amide bonds. The van der Waals surface area contributed by atoms with Gasteiger partial charge in [0.15, 0.2) is 0 Å². The first-order valence-electron chi connectivity index (χ1n) is 7.44. The Morgan fingerprint density at radius 2 is 1.90 bits per heavy atom. The van der Waals surface area contributed by atoms with E-state index in [1.54, 1.807) is 0 Å². The van der Waals surface area contributed by atoms with Crippen molar-refractivity contribution in [3.63, 3.8) is 0 Å². The van der Waals surface area contributed by atoms with Crippen LogP contribution in [0, 0.1) is 11.3 Å². The number of carbonyl (C=O) groups is 2. The van der Waals surface area contributed by atoms with E-state index >= 15 is 0 Å². The van der Waals surface area contributed by atoms with Crippen molar-refractivity contribution in [2.24, 2.45) is 17.1 Å². The fourth-order valence-electron chi connectivity index (χ4n) is 2.57. The Morgan fingerprint density at radius 3 is 2.35 bits per heavy atom. The highest BCUT2D eigenvalue weighted by Crippen LogP contribution is 2.38. The quantitative estimate of drug-likeness (QED) is 0.694. The summed E-state index contributed by atoms with van der Waals surface area (Å²) >= 11 is 0. The van der Waals surface area contributed by atoms with Crippen LogP contribution in [-0.2, 0) is 9.59 Å². The fraction of sp³-hybridized carbons (Fsp3) is 0.867. The molecule has 4 N–H and O–H groups in total. The summed E-state index contributed by atoms with van der Waals surface area (Å²) in [5.41, 5.74) is 4.69. The Balaban J connectivity index is 2.48. The molecule has 0 radical (unpaired) electrons. The van der Waals surface area contributed by atoms with Crippen molar-refractivity contribution in [3.05, 3.63) is 0 Å². The van der Waals surface area contributed by atoms with E-state index in [1.807, 2.05) is 13.8 Å². The zero-order valence-corrected chi connectivity index (χ0v) is 12.9. The van der Waals surface area contributed by atoms with Gasteiger partial charge >= 0.3 is 5.97 Å². The van der Waals surface area contributed by atoms with Crippen LogP contribution in [0.2, 0.25) is 0 Å². The van der Waals surface area contributed by atoms with E-state index < -0.39 is 11.4 Å². The molecule has 1 fully saturated rings. The van der Waals surface area contributed by atoms with Crippen LogP contribution in [0.25, 0.3) is 0 Å². The van der Waals surface area contributed by atoms with Crippen LogP contribution in [-0.4, -0.2) is 29.1 Å². The zero-order valence-electron chi connectivity index (χ0n) is 12.9. The number of nitrogens with two attached hydrogens (primary N) is 1. The van der Waals surface area contributed by atoms with Crippen molar-refractivity contribution in [2.75, 3.05) is 6.54 Å². The zero-order chi connectivity index (χ0) is 15.4. The molecule has 0 heterocycles. The molecule has 0 atom stereocenters. The van der Waals surface area contributed by atoms with Gasteiger partial charge in [-0.2, -0.15) is 0 Å². The van der Waals surface area contributed by atoms with Crippen molar-refractivity contribution < 1.29 is 14.7 Å². The molecule has 116 valence electrons. The van der Waals surface area contributed by atoms with Crippen LogP contribution >= 0.6 is 0 Å². The van der Waals surface area contributed by atoms with Crippen molar-refractivity contribution in [1.82, 2.24) is 5.32 Å². The lowest BCUT2D eigenvalue weighted by atomic mass is 9.71. The van der Waals surface area contributed by atoms with Crippen LogP contribution in [0.4, 0.5) is 0 Å². The molecule has 0 aliphatic heterocycles. The van der Waals surface area contributed by atoms with E-state index in [4.69, 9.17) is 5.73 Å². The molecule has 0 unspecified atom stereocenters. The number of nitrogens with one attached hydrogen (secondary N) is 1. The highest BCUT2D eigenvalue weighted by atomic mass is 16.4. The maximum Gasteiger partial charge on any atom is 0.311 e.